The Hall–Kier alpha value is -1.90. The molecule has 1 aromatic rings. The van der Waals surface area contributed by atoms with Crippen molar-refractivity contribution in [2.45, 2.75) is 12.5 Å². The number of ether oxygens (including phenoxy) is 1. The lowest BCUT2D eigenvalue weighted by atomic mass is 10.1. The van der Waals surface area contributed by atoms with Crippen LogP contribution >= 0.6 is 12.4 Å². The summed E-state index contributed by atoms with van der Waals surface area (Å²) >= 11 is 0. The van der Waals surface area contributed by atoms with Gasteiger partial charge in [-0.15, -0.1) is 12.4 Å². The number of halogens is 1. The fourth-order valence-electron chi connectivity index (χ4n) is 3.41. The molecule has 0 radical (unpaired) electrons. The zero-order chi connectivity index (χ0) is 17.1. The predicted molar refractivity (Wildman–Crippen MR) is 95.6 cm³/mol. The molecule has 138 valence electrons. The second kappa shape index (κ2) is 8.46. The summed E-state index contributed by atoms with van der Waals surface area (Å²) in [6.07, 6.45) is 0.906. The molecule has 8 nitrogen and oxygen atoms in total. The molecule has 9 heteroatoms. The van der Waals surface area contributed by atoms with Crippen molar-refractivity contribution in [1.29, 1.82) is 0 Å². The van der Waals surface area contributed by atoms with Crippen molar-refractivity contribution in [3.05, 3.63) is 33.9 Å². The van der Waals surface area contributed by atoms with Gasteiger partial charge in [-0.05, 0) is 18.6 Å². The first-order valence-corrected chi connectivity index (χ1v) is 8.16. The zero-order valence-electron chi connectivity index (χ0n) is 14.1. The molecule has 1 aromatic carbocycles. The molecule has 0 aliphatic carbocycles. The van der Waals surface area contributed by atoms with E-state index in [0.717, 1.165) is 32.6 Å². The first-order chi connectivity index (χ1) is 11.6. The first kappa shape index (κ1) is 19.4. The molecule has 2 aliphatic heterocycles. The van der Waals surface area contributed by atoms with E-state index in [1.165, 1.54) is 25.3 Å². The number of carbonyl (C=O) groups is 1. The average molecular weight is 371 g/mol. The minimum absolute atomic E-state index is 0. The van der Waals surface area contributed by atoms with E-state index in [9.17, 15) is 14.9 Å². The minimum atomic E-state index is -0.517. The Morgan fingerprint density at radius 3 is 2.68 bits per heavy atom. The lowest BCUT2D eigenvalue weighted by Gasteiger charge is -2.32. The predicted octanol–water partition coefficient (Wildman–Crippen LogP) is 1.14. The second-order valence-electron chi connectivity index (χ2n) is 6.12. The van der Waals surface area contributed by atoms with Gasteiger partial charge >= 0.3 is 0 Å². The lowest BCUT2D eigenvalue weighted by molar-refractivity contribution is -0.385. The van der Waals surface area contributed by atoms with Crippen LogP contribution in [-0.2, 0) is 0 Å². The summed E-state index contributed by atoms with van der Waals surface area (Å²) in [5.74, 6) is 0.153. The second-order valence-corrected chi connectivity index (χ2v) is 6.12. The molecule has 1 amide bonds. The van der Waals surface area contributed by atoms with Crippen LogP contribution in [0.5, 0.6) is 5.75 Å². The third-order valence-corrected chi connectivity index (χ3v) is 4.75. The number of nitrogens with zero attached hydrogens (tertiary/aromatic N) is 3. The molecule has 2 aliphatic rings. The summed E-state index contributed by atoms with van der Waals surface area (Å²) in [7, 11) is 1.48. The topological polar surface area (TPSA) is 87.9 Å². The van der Waals surface area contributed by atoms with Crippen LogP contribution in [0.2, 0.25) is 0 Å². The van der Waals surface area contributed by atoms with Gasteiger partial charge in [-0.1, -0.05) is 0 Å². The maximum atomic E-state index is 12.8. The molecule has 2 heterocycles. The average Bonchev–Trinajstić information content (AvgIpc) is 3.11. The molecule has 2 saturated heterocycles. The monoisotopic (exact) mass is 370 g/mol. The Labute approximate surface area is 152 Å². The number of hydrogen-bond donors (Lipinski definition) is 1. The van der Waals surface area contributed by atoms with Gasteiger partial charge in [-0.25, -0.2) is 0 Å². The molecule has 1 unspecified atom stereocenters. The fraction of sp³-hybridized carbons (Fsp3) is 0.562. The molecule has 0 aromatic heterocycles. The van der Waals surface area contributed by atoms with Gasteiger partial charge in [-0.3, -0.25) is 19.8 Å². The number of methoxy groups -OCH3 is 1. The molecule has 0 spiro atoms. The summed E-state index contributed by atoms with van der Waals surface area (Å²) in [5.41, 5.74) is -0.0771. The van der Waals surface area contributed by atoms with E-state index in [-0.39, 0.29) is 29.6 Å². The highest BCUT2D eigenvalue weighted by atomic mass is 35.5. The largest absolute Gasteiger partial charge is 0.497 e. The van der Waals surface area contributed by atoms with E-state index in [0.29, 0.717) is 24.9 Å². The van der Waals surface area contributed by atoms with Gasteiger partial charge in [0.05, 0.1) is 12.0 Å². The highest BCUT2D eigenvalue weighted by molar-refractivity contribution is 5.98. The molecular weight excluding hydrogens is 348 g/mol. The smallest absolute Gasteiger partial charge is 0.282 e. The van der Waals surface area contributed by atoms with E-state index in [1.807, 2.05) is 0 Å². The molecule has 0 bridgehead atoms. The van der Waals surface area contributed by atoms with Gasteiger partial charge in [0.25, 0.3) is 11.6 Å². The summed E-state index contributed by atoms with van der Waals surface area (Å²) < 4.78 is 5.11. The van der Waals surface area contributed by atoms with Crippen LogP contribution in [0.3, 0.4) is 0 Å². The fourth-order valence-corrected chi connectivity index (χ4v) is 3.41. The number of piperazine rings is 1. The van der Waals surface area contributed by atoms with Crippen molar-refractivity contribution in [3.63, 3.8) is 0 Å². The Morgan fingerprint density at radius 2 is 2.04 bits per heavy atom. The highest BCUT2D eigenvalue weighted by Gasteiger charge is 2.33. The summed E-state index contributed by atoms with van der Waals surface area (Å²) in [4.78, 5) is 27.6. The Morgan fingerprint density at radius 1 is 1.32 bits per heavy atom. The normalized spacial score (nSPS) is 20.8. The molecule has 1 N–H and O–H groups in total. The maximum Gasteiger partial charge on any atom is 0.282 e. The van der Waals surface area contributed by atoms with Crippen LogP contribution in [0.15, 0.2) is 18.2 Å². The number of nitro groups is 1. The third kappa shape index (κ3) is 4.20. The van der Waals surface area contributed by atoms with Gasteiger partial charge in [-0.2, -0.15) is 0 Å². The van der Waals surface area contributed by atoms with Gasteiger partial charge < -0.3 is 15.0 Å². The van der Waals surface area contributed by atoms with Crippen LogP contribution in [0.25, 0.3) is 0 Å². The molecular formula is C16H23ClN4O4. The number of likely N-dealkylation sites (tertiary alicyclic amines) is 1. The third-order valence-electron chi connectivity index (χ3n) is 4.75. The molecule has 0 saturated carbocycles. The minimum Gasteiger partial charge on any atom is -0.497 e. The Kier molecular flexibility index (Phi) is 6.57. The number of nitro benzene ring substituents is 1. The molecule has 25 heavy (non-hydrogen) atoms. The molecule has 2 fully saturated rings. The van der Waals surface area contributed by atoms with Crippen molar-refractivity contribution in [2.75, 3.05) is 46.4 Å². The summed E-state index contributed by atoms with van der Waals surface area (Å²) in [6.45, 7) is 5.13. The number of amides is 1. The van der Waals surface area contributed by atoms with E-state index < -0.39 is 4.92 Å². The van der Waals surface area contributed by atoms with Crippen molar-refractivity contribution >= 4 is 24.0 Å². The highest BCUT2D eigenvalue weighted by Crippen LogP contribution is 2.27. The van der Waals surface area contributed by atoms with E-state index in [2.05, 4.69) is 10.2 Å². The van der Waals surface area contributed by atoms with Crippen LogP contribution in [0.4, 0.5) is 5.69 Å². The van der Waals surface area contributed by atoms with Crippen molar-refractivity contribution in [1.82, 2.24) is 15.1 Å². The maximum absolute atomic E-state index is 12.8. The van der Waals surface area contributed by atoms with Crippen LogP contribution in [-0.4, -0.2) is 73.1 Å². The van der Waals surface area contributed by atoms with Gasteiger partial charge in [0.15, 0.2) is 0 Å². The zero-order valence-corrected chi connectivity index (χ0v) is 15.0. The van der Waals surface area contributed by atoms with E-state index in [4.69, 9.17) is 4.74 Å². The van der Waals surface area contributed by atoms with Crippen LogP contribution < -0.4 is 10.1 Å². The van der Waals surface area contributed by atoms with Gasteiger partial charge in [0.1, 0.15) is 11.3 Å². The van der Waals surface area contributed by atoms with Crippen molar-refractivity contribution < 1.29 is 14.5 Å². The summed E-state index contributed by atoms with van der Waals surface area (Å²) in [5, 5.41) is 14.6. The van der Waals surface area contributed by atoms with Gasteiger partial charge in [0.2, 0.25) is 0 Å². The van der Waals surface area contributed by atoms with Crippen LogP contribution in [0, 0.1) is 10.1 Å². The van der Waals surface area contributed by atoms with E-state index >= 15 is 0 Å². The number of nitrogens with one attached hydrogen (secondary N) is 1. The molecule has 3 rings (SSSR count). The van der Waals surface area contributed by atoms with E-state index in [1.54, 1.807) is 4.90 Å². The van der Waals surface area contributed by atoms with Crippen molar-refractivity contribution in [3.8, 4) is 5.75 Å². The van der Waals surface area contributed by atoms with Gasteiger partial charge in [0, 0.05) is 51.4 Å². The Bertz CT molecular complexity index is 637. The van der Waals surface area contributed by atoms with Crippen LogP contribution in [0.1, 0.15) is 16.8 Å². The number of rotatable bonds is 4. The Balaban J connectivity index is 0.00000225. The quantitative estimate of drug-likeness (QED) is 0.631. The lowest BCUT2D eigenvalue weighted by Crippen LogP contribution is -2.49. The number of benzene rings is 1. The summed E-state index contributed by atoms with van der Waals surface area (Å²) in [6, 6.07) is 4.62. The number of hydrogen-bond acceptors (Lipinski definition) is 6. The van der Waals surface area contributed by atoms with Crippen molar-refractivity contribution in [2.24, 2.45) is 0 Å². The molecule has 1 atom stereocenters. The first-order valence-electron chi connectivity index (χ1n) is 8.16. The standard InChI is InChI=1S/C16H22N4O4.ClH/c1-24-13-2-3-15(20(22)23)14(10-13)16(21)19-7-4-12(11-19)18-8-5-17-6-9-18;/h2-3,10,12,17H,4-9,11H2,1H3;1H. The number of carbonyl (C=O) groups excluding carboxylic acids is 1. The SMILES string of the molecule is COc1ccc([N+](=O)[O-])c(C(=O)N2CCC(N3CCNCC3)C2)c1.Cl.